The molecule has 2 unspecified atom stereocenters. The molecule has 2 atom stereocenters. The zero-order valence-electron chi connectivity index (χ0n) is 15.0. The van der Waals surface area contributed by atoms with Crippen LogP contribution in [0.4, 0.5) is 9.80 Å². The summed E-state index contributed by atoms with van der Waals surface area (Å²) in [6.07, 6.45) is 2.65. The maximum Gasteiger partial charge on any atom is 0.341 e. The van der Waals surface area contributed by atoms with Crippen molar-refractivity contribution < 1.29 is 24.2 Å². The lowest BCUT2D eigenvalue weighted by molar-refractivity contribution is -0.143. The molecule has 8 heteroatoms. The van der Waals surface area contributed by atoms with E-state index in [1.807, 2.05) is 12.3 Å². The van der Waals surface area contributed by atoms with Gasteiger partial charge < -0.3 is 14.7 Å². The Morgan fingerprint density at radius 1 is 1.35 bits per heavy atom. The lowest BCUT2D eigenvalue weighted by atomic mass is 9.91. The van der Waals surface area contributed by atoms with Gasteiger partial charge in [0.15, 0.2) is 0 Å². The first-order valence-corrected chi connectivity index (χ1v) is 9.85. The Kier molecular flexibility index (Phi) is 5.50. The Morgan fingerprint density at radius 3 is 2.69 bits per heavy atom. The first kappa shape index (κ1) is 18.7. The van der Waals surface area contributed by atoms with Crippen molar-refractivity contribution in [1.29, 1.82) is 0 Å². The van der Waals surface area contributed by atoms with Crippen molar-refractivity contribution >= 4 is 34.3 Å². The number of carbonyl (C=O) groups is 3. The molecule has 1 aromatic heterocycles. The summed E-state index contributed by atoms with van der Waals surface area (Å²) >= 11 is 1.32. The summed E-state index contributed by atoms with van der Waals surface area (Å²) in [6.45, 7) is 4.65. The molecule has 1 aromatic rings. The number of urea groups is 1. The van der Waals surface area contributed by atoms with Crippen LogP contribution >= 0.6 is 11.3 Å². The fourth-order valence-corrected chi connectivity index (χ4v) is 4.46. The Balaban J connectivity index is 1.76. The predicted octanol–water partition coefficient (Wildman–Crippen LogP) is 3.38. The molecule has 7 nitrogen and oxygen atoms in total. The molecule has 1 saturated heterocycles. The molecule has 2 N–H and O–H groups in total. The van der Waals surface area contributed by atoms with E-state index >= 15 is 0 Å². The van der Waals surface area contributed by atoms with Gasteiger partial charge in [-0.05, 0) is 49.0 Å². The zero-order chi connectivity index (χ0) is 18.8. The number of esters is 1. The first-order chi connectivity index (χ1) is 12.4. The summed E-state index contributed by atoms with van der Waals surface area (Å²) in [5.41, 5.74) is 1.40. The topological polar surface area (TPSA) is 95.9 Å². The zero-order valence-corrected chi connectivity index (χ0v) is 15.8. The van der Waals surface area contributed by atoms with Crippen LogP contribution < -0.4 is 5.32 Å². The average Bonchev–Trinajstić information content (AvgIpc) is 3.35. The van der Waals surface area contributed by atoms with Crippen molar-refractivity contribution in [3.8, 4) is 0 Å². The van der Waals surface area contributed by atoms with Gasteiger partial charge in [-0.2, -0.15) is 0 Å². The number of anilines is 1. The van der Waals surface area contributed by atoms with Gasteiger partial charge in [-0.3, -0.25) is 10.1 Å². The molecule has 0 radical (unpaired) electrons. The van der Waals surface area contributed by atoms with Crippen molar-refractivity contribution in [2.45, 2.75) is 39.0 Å². The van der Waals surface area contributed by atoms with Crippen LogP contribution in [-0.2, 0) is 9.53 Å². The summed E-state index contributed by atoms with van der Waals surface area (Å²) in [7, 11) is 0. The minimum absolute atomic E-state index is 0.116. The summed E-state index contributed by atoms with van der Waals surface area (Å²) in [4.78, 5) is 37.9. The minimum atomic E-state index is -0.881. The number of nitrogens with one attached hydrogen (secondary N) is 1. The number of likely N-dealkylation sites (tertiary alicyclic amines) is 1. The Morgan fingerprint density at radius 2 is 2.08 bits per heavy atom. The number of aliphatic carboxylic acids is 1. The predicted molar refractivity (Wildman–Crippen MR) is 97.7 cm³/mol. The highest BCUT2D eigenvalue weighted by Gasteiger charge is 2.35. The first-order valence-electron chi connectivity index (χ1n) is 8.97. The standard InChI is InChI=1S/C18H24N2O5S/c1-3-25-17(23)14-13(11-4-5-11)9-26-15(14)19-18(24)20-7-10(2)6-12(8-20)16(21)22/h9-12H,3-8H2,1-2H3,(H,19,24)(H,21,22). The lowest BCUT2D eigenvalue weighted by Crippen LogP contribution is -2.47. The van der Waals surface area contributed by atoms with E-state index in [1.54, 1.807) is 6.92 Å². The lowest BCUT2D eigenvalue weighted by Gasteiger charge is -2.34. The van der Waals surface area contributed by atoms with Crippen LogP contribution in [-0.4, -0.2) is 47.7 Å². The number of carbonyl (C=O) groups excluding carboxylic acids is 2. The number of carboxylic acid groups (broad SMARTS) is 1. The van der Waals surface area contributed by atoms with Gasteiger partial charge in [0.2, 0.25) is 0 Å². The second kappa shape index (κ2) is 7.65. The van der Waals surface area contributed by atoms with Crippen LogP contribution in [0.3, 0.4) is 0 Å². The number of thiophene rings is 1. The van der Waals surface area contributed by atoms with E-state index in [1.165, 1.54) is 16.2 Å². The fourth-order valence-electron chi connectivity index (χ4n) is 3.44. The van der Waals surface area contributed by atoms with Crippen molar-refractivity contribution in [2.75, 3.05) is 25.0 Å². The highest BCUT2D eigenvalue weighted by Crippen LogP contribution is 2.46. The highest BCUT2D eigenvalue weighted by atomic mass is 32.1. The fraction of sp³-hybridized carbons (Fsp3) is 0.611. The third kappa shape index (κ3) is 4.00. The van der Waals surface area contributed by atoms with Gasteiger partial charge in [0.1, 0.15) is 5.00 Å². The van der Waals surface area contributed by atoms with E-state index < -0.39 is 17.9 Å². The Bertz CT molecular complexity index is 712. The number of ether oxygens (including phenoxy) is 1. The molecule has 0 bridgehead atoms. The molecule has 2 aliphatic rings. The van der Waals surface area contributed by atoms with E-state index in [0.29, 0.717) is 29.4 Å². The quantitative estimate of drug-likeness (QED) is 0.764. The number of rotatable bonds is 5. The van der Waals surface area contributed by atoms with Gasteiger partial charge in [-0.1, -0.05) is 6.92 Å². The molecule has 1 aliphatic carbocycles. The molecule has 1 aliphatic heterocycles. The molecule has 2 fully saturated rings. The number of hydrogen-bond acceptors (Lipinski definition) is 5. The highest BCUT2D eigenvalue weighted by molar-refractivity contribution is 7.15. The van der Waals surface area contributed by atoms with Gasteiger partial charge >= 0.3 is 18.0 Å². The van der Waals surface area contributed by atoms with Crippen molar-refractivity contribution in [1.82, 2.24) is 4.90 Å². The van der Waals surface area contributed by atoms with Crippen LogP contribution in [0.15, 0.2) is 5.38 Å². The number of nitrogens with zero attached hydrogens (tertiary/aromatic N) is 1. The third-order valence-electron chi connectivity index (χ3n) is 4.83. The van der Waals surface area contributed by atoms with Crippen LogP contribution in [0.2, 0.25) is 0 Å². The Labute approximate surface area is 156 Å². The molecular weight excluding hydrogens is 356 g/mol. The average molecular weight is 380 g/mol. The van der Waals surface area contributed by atoms with Crippen molar-refractivity contribution in [2.24, 2.45) is 11.8 Å². The van der Waals surface area contributed by atoms with Crippen LogP contribution in [0.25, 0.3) is 0 Å². The summed E-state index contributed by atoms with van der Waals surface area (Å²) in [5, 5.41) is 14.5. The second-order valence-electron chi connectivity index (χ2n) is 7.10. The minimum Gasteiger partial charge on any atom is -0.481 e. The smallest absolute Gasteiger partial charge is 0.341 e. The van der Waals surface area contributed by atoms with E-state index in [2.05, 4.69) is 5.32 Å². The largest absolute Gasteiger partial charge is 0.481 e. The van der Waals surface area contributed by atoms with Gasteiger partial charge in [-0.25, -0.2) is 9.59 Å². The SMILES string of the molecule is CCOC(=O)c1c(C2CC2)csc1NC(=O)N1CC(C)CC(C(=O)O)C1. The summed E-state index contributed by atoms with van der Waals surface area (Å²) in [5.74, 6) is -1.37. The monoisotopic (exact) mass is 380 g/mol. The van der Waals surface area contributed by atoms with E-state index in [-0.39, 0.29) is 25.1 Å². The summed E-state index contributed by atoms with van der Waals surface area (Å²) < 4.78 is 5.16. The van der Waals surface area contributed by atoms with Crippen LogP contribution in [0.1, 0.15) is 54.9 Å². The maximum atomic E-state index is 12.7. The normalized spacial score (nSPS) is 22.8. The van der Waals surface area contributed by atoms with E-state index in [9.17, 15) is 19.5 Å². The van der Waals surface area contributed by atoms with Crippen LogP contribution in [0, 0.1) is 11.8 Å². The molecule has 3 rings (SSSR count). The van der Waals surface area contributed by atoms with Crippen molar-refractivity contribution in [3.05, 3.63) is 16.5 Å². The van der Waals surface area contributed by atoms with Gasteiger partial charge in [0.05, 0.1) is 18.1 Å². The van der Waals surface area contributed by atoms with Crippen LogP contribution in [0.5, 0.6) is 0 Å². The number of hydrogen-bond donors (Lipinski definition) is 2. The molecule has 142 valence electrons. The maximum absolute atomic E-state index is 12.7. The summed E-state index contributed by atoms with van der Waals surface area (Å²) in [6, 6.07) is -0.363. The number of amides is 2. The molecule has 2 amide bonds. The molecule has 1 saturated carbocycles. The third-order valence-corrected chi connectivity index (χ3v) is 5.75. The molecule has 2 heterocycles. The van der Waals surface area contributed by atoms with Gasteiger partial charge in [0.25, 0.3) is 0 Å². The molecule has 0 aromatic carbocycles. The van der Waals surface area contributed by atoms with E-state index in [0.717, 1.165) is 18.4 Å². The number of piperidine rings is 1. The molecule has 26 heavy (non-hydrogen) atoms. The number of carboxylic acids is 1. The molecular formula is C18H24N2O5S. The van der Waals surface area contributed by atoms with Gasteiger partial charge in [-0.15, -0.1) is 11.3 Å². The van der Waals surface area contributed by atoms with E-state index in [4.69, 9.17) is 4.74 Å². The Hall–Kier alpha value is -2.09. The van der Waals surface area contributed by atoms with Gasteiger partial charge in [0, 0.05) is 13.1 Å². The second-order valence-corrected chi connectivity index (χ2v) is 7.98. The molecule has 0 spiro atoms. The van der Waals surface area contributed by atoms with Crippen molar-refractivity contribution in [3.63, 3.8) is 0 Å².